The first-order chi connectivity index (χ1) is 13.8. The summed E-state index contributed by atoms with van der Waals surface area (Å²) in [6.07, 6.45) is 1.77. The van der Waals surface area contributed by atoms with Crippen LogP contribution in [0, 0.1) is 0 Å². The third-order valence-electron chi connectivity index (χ3n) is 4.80. The summed E-state index contributed by atoms with van der Waals surface area (Å²) in [7, 11) is 0. The number of carbonyl (C=O) groups excluding carboxylic acids is 1. The van der Waals surface area contributed by atoms with Gasteiger partial charge in [0.1, 0.15) is 5.82 Å². The predicted octanol–water partition coefficient (Wildman–Crippen LogP) is 2.72. The lowest BCUT2D eigenvalue weighted by Gasteiger charge is -2.26. The highest BCUT2D eigenvalue weighted by molar-refractivity contribution is 5.97. The number of morpholine rings is 1. The fraction of sp³-hybridized carbons (Fsp3) is 0.200. The molecule has 8 nitrogen and oxygen atoms in total. The molecule has 140 valence electrons. The van der Waals surface area contributed by atoms with E-state index in [0.717, 1.165) is 27.5 Å². The van der Waals surface area contributed by atoms with Gasteiger partial charge in [-0.3, -0.25) is 9.89 Å². The standard InChI is InChI=1S/C20H18N6O2/c27-20(26-7-9-28-10-8-26)19-23-17-4-2-1-3-15(17)18(24-19)22-14-5-6-16-13(11-14)12-21-25-16/h1-6,11-12H,7-10H2,(H,21,25)(H,22,23,24). The maximum atomic E-state index is 12.9. The Bertz CT molecular complexity index is 1170. The zero-order chi connectivity index (χ0) is 18.9. The summed E-state index contributed by atoms with van der Waals surface area (Å²) in [6.45, 7) is 2.17. The Morgan fingerprint density at radius 2 is 1.96 bits per heavy atom. The van der Waals surface area contributed by atoms with E-state index in [1.54, 1.807) is 11.1 Å². The van der Waals surface area contributed by atoms with Crippen molar-refractivity contribution in [1.82, 2.24) is 25.1 Å². The molecule has 2 aromatic heterocycles. The fourth-order valence-electron chi connectivity index (χ4n) is 3.33. The van der Waals surface area contributed by atoms with Gasteiger partial charge in [-0.2, -0.15) is 5.10 Å². The lowest BCUT2D eigenvalue weighted by Crippen LogP contribution is -2.41. The van der Waals surface area contributed by atoms with E-state index in [9.17, 15) is 4.79 Å². The Hall–Kier alpha value is -3.52. The van der Waals surface area contributed by atoms with Crippen molar-refractivity contribution in [2.45, 2.75) is 0 Å². The first-order valence-corrected chi connectivity index (χ1v) is 9.12. The number of para-hydroxylation sites is 1. The van der Waals surface area contributed by atoms with Crippen LogP contribution in [0.15, 0.2) is 48.7 Å². The van der Waals surface area contributed by atoms with Gasteiger partial charge < -0.3 is 15.0 Å². The first kappa shape index (κ1) is 16.6. The average Bonchev–Trinajstić information content (AvgIpc) is 3.21. The van der Waals surface area contributed by atoms with Gasteiger partial charge in [-0.05, 0) is 30.3 Å². The largest absolute Gasteiger partial charge is 0.378 e. The lowest BCUT2D eigenvalue weighted by atomic mass is 10.2. The van der Waals surface area contributed by atoms with E-state index in [0.29, 0.717) is 32.1 Å². The summed E-state index contributed by atoms with van der Waals surface area (Å²) in [5.41, 5.74) is 2.55. The Morgan fingerprint density at radius 1 is 1.11 bits per heavy atom. The molecule has 28 heavy (non-hydrogen) atoms. The Kier molecular flexibility index (Phi) is 4.10. The van der Waals surface area contributed by atoms with E-state index in [1.165, 1.54) is 0 Å². The molecule has 1 fully saturated rings. The van der Waals surface area contributed by atoms with Crippen LogP contribution < -0.4 is 5.32 Å². The monoisotopic (exact) mass is 374 g/mol. The number of amides is 1. The summed E-state index contributed by atoms with van der Waals surface area (Å²) in [5.74, 6) is 0.611. The molecular formula is C20H18N6O2. The van der Waals surface area contributed by atoms with Crippen LogP contribution in [0.5, 0.6) is 0 Å². The second-order valence-electron chi connectivity index (χ2n) is 6.61. The highest BCUT2D eigenvalue weighted by Gasteiger charge is 2.22. The molecule has 0 bridgehead atoms. The molecule has 0 aliphatic carbocycles. The second kappa shape index (κ2) is 6.90. The highest BCUT2D eigenvalue weighted by Crippen LogP contribution is 2.26. The van der Waals surface area contributed by atoms with E-state index in [4.69, 9.17) is 4.74 Å². The summed E-state index contributed by atoms with van der Waals surface area (Å²) in [6, 6.07) is 13.5. The third kappa shape index (κ3) is 3.03. The third-order valence-corrected chi connectivity index (χ3v) is 4.80. The van der Waals surface area contributed by atoms with Gasteiger partial charge in [-0.25, -0.2) is 9.97 Å². The summed E-state index contributed by atoms with van der Waals surface area (Å²) < 4.78 is 5.33. The second-order valence-corrected chi connectivity index (χ2v) is 6.61. The fourth-order valence-corrected chi connectivity index (χ4v) is 3.33. The molecule has 0 saturated carbocycles. The average molecular weight is 374 g/mol. The van der Waals surface area contributed by atoms with Gasteiger partial charge in [0, 0.05) is 29.5 Å². The first-order valence-electron chi connectivity index (χ1n) is 9.12. The van der Waals surface area contributed by atoms with Crippen molar-refractivity contribution >= 4 is 39.2 Å². The van der Waals surface area contributed by atoms with Gasteiger partial charge in [0.25, 0.3) is 5.91 Å². The molecule has 0 radical (unpaired) electrons. The highest BCUT2D eigenvalue weighted by atomic mass is 16.5. The summed E-state index contributed by atoms with van der Waals surface area (Å²) in [4.78, 5) is 23.7. The smallest absolute Gasteiger partial charge is 0.291 e. The van der Waals surface area contributed by atoms with Crippen LogP contribution >= 0.6 is 0 Å². The zero-order valence-corrected chi connectivity index (χ0v) is 15.1. The molecule has 3 heterocycles. The number of hydrogen-bond donors (Lipinski definition) is 2. The molecule has 8 heteroatoms. The van der Waals surface area contributed by atoms with Gasteiger partial charge >= 0.3 is 0 Å². The van der Waals surface area contributed by atoms with Crippen LogP contribution in [-0.4, -0.2) is 57.3 Å². The van der Waals surface area contributed by atoms with E-state index < -0.39 is 0 Å². The number of H-pyrrole nitrogens is 1. The molecule has 2 aromatic carbocycles. The molecule has 5 rings (SSSR count). The van der Waals surface area contributed by atoms with Crippen LogP contribution in [0.1, 0.15) is 10.6 Å². The number of nitrogens with one attached hydrogen (secondary N) is 2. The van der Waals surface area contributed by atoms with E-state index in [-0.39, 0.29) is 11.7 Å². The molecule has 4 aromatic rings. The van der Waals surface area contributed by atoms with Crippen molar-refractivity contribution < 1.29 is 9.53 Å². The zero-order valence-electron chi connectivity index (χ0n) is 15.1. The minimum atomic E-state index is -0.178. The number of aromatic nitrogens is 4. The minimum Gasteiger partial charge on any atom is -0.378 e. The molecule has 1 amide bonds. The van der Waals surface area contributed by atoms with E-state index in [1.807, 2.05) is 42.5 Å². The van der Waals surface area contributed by atoms with Crippen LogP contribution in [0.2, 0.25) is 0 Å². The Labute approximate surface area is 160 Å². The van der Waals surface area contributed by atoms with Crippen molar-refractivity contribution in [3.05, 3.63) is 54.5 Å². The van der Waals surface area contributed by atoms with Gasteiger partial charge in [-0.1, -0.05) is 12.1 Å². The lowest BCUT2D eigenvalue weighted by molar-refractivity contribution is 0.0295. The number of carbonyl (C=O) groups is 1. The van der Waals surface area contributed by atoms with Crippen molar-refractivity contribution in [3.63, 3.8) is 0 Å². The topological polar surface area (TPSA) is 96.0 Å². The van der Waals surface area contributed by atoms with Crippen molar-refractivity contribution in [3.8, 4) is 0 Å². The van der Waals surface area contributed by atoms with Crippen LogP contribution in [0.4, 0.5) is 11.5 Å². The van der Waals surface area contributed by atoms with Gasteiger partial charge in [0.2, 0.25) is 5.82 Å². The minimum absolute atomic E-state index is 0.178. The summed E-state index contributed by atoms with van der Waals surface area (Å²) in [5, 5.41) is 12.2. The predicted molar refractivity (Wildman–Crippen MR) is 106 cm³/mol. The maximum Gasteiger partial charge on any atom is 0.291 e. The normalized spacial score (nSPS) is 14.5. The number of hydrogen-bond acceptors (Lipinski definition) is 6. The summed E-state index contributed by atoms with van der Waals surface area (Å²) >= 11 is 0. The number of benzene rings is 2. The number of anilines is 2. The molecule has 0 spiro atoms. The van der Waals surface area contributed by atoms with Crippen LogP contribution in [-0.2, 0) is 4.74 Å². The molecule has 0 unspecified atom stereocenters. The number of ether oxygens (including phenoxy) is 1. The molecule has 1 aliphatic heterocycles. The maximum absolute atomic E-state index is 12.9. The van der Waals surface area contributed by atoms with Gasteiger partial charge in [0.05, 0.1) is 30.4 Å². The molecule has 2 N–H and O–H groups in total. The van der Waals surface area contributed by atoms with Crippen LogP contribution in [0.3, 0.4) is 0 Å². The molecule has 0 atom stereocenters. The quantitative estimate of drug-likeness (QED) is 0.572. The van der Waals surface area contributed by atoms with Crippen molar-refractivity contribution in [1.29, 1.82) is 0 Å². The van der Waals surface area contributed by atoms with Crippen molar-refractivity contribution in [2.24, 2.45) is 0 Å². The van der Waals surface area contributed by atoms with Crippen molar-refractivity contribution in [2.75, 3.05) is 31.6 Å². The number of rotatable bonds is 3. The number of aromatic amines is 1. The number of fused-ring (bicyclic) bond motifs is 2. The van der Waals surface area contributed by atoms with Crippen LogP contribution in [0.25, 0.3) is 21.8 Å². The van der Waals surface area contributed by atoms with Gasteiger partial charge in [0.15, 0.2) is 0 Å². The molecule has 1 aliphatic rings. The molecule has 1 saturated heterocycles. The van der Waals surface area contributed by atoms with Gasteiger partial charge in [-0.15, -0.1) is 0 Å². The van der Waals surface area contributed by atoms with E-state index in [2.05, 4.69) is 25.5 Å². The Balaban J connectivity index is 1.55. The Morgan fingerprint density at radius 3 is 2.86 bits per heavy atom. The van der Waals surface area contributed by atoms with E-state index >= 15 is 0 Å². The number of nitrogens with zero attached hydrogens (tertiary/aromatic N) is 4. The SMILES string of the molecule is O=C(c1nc(Nc2ccc3[nH]ncc3c2)c2ccccc2n1)N1CCOCC1. The molecular weight excluding hydrogens is 356 g/mol.